The molecule has 0 amide bonds. The number of fused-ring (bicyclic) bond motifs is 1. The lowest BCUT2D eigenvalue weighted by molar-refractivity contribution is 0.675. The van der Waals surface area contributed by atoms with Gasteiger partial charge in [0.2, 0.25) is 11.5 Å². The van der Waals surface area contributed by atoms with Gasteiger partial charge < -0.3 is 10.7 Å². The summed E-state index contributed by atoms with van der Waals surface area (Å²) in [6, 6.07) is 3.68. The van der Waals surface area contributed by atoms with Gasteiger partial charge in [-0.25, -0.2) is 5.43 Å². The molecule has 2 aromatic rings. The number of H-pyrrole nitrogens is 1. The van der Waals surface area contributed by atoms with Crippen LogP contribution in [-0.2, 0) is 6.42 Å². The largest absolute Gasteiger partial charge is 0.369 e. The number of aryl methyl sites for hydroxylation is 1. The van der Waals surface area contributed by atoms with Crippen LogP contribution in [0.2, 0.25) is 0 Å². The Balaban J connectivity index is 0.00000192. The number of aromatic nitrogens is 1. The summed E-state index contributed by atoms with van der Waals surface area (Å²) in [7, 11) is 0. The van der Waals surface area contributed by atoms with Crippen molar-refractivity contribution in [2.75, 3.05) is 0 Å². The van der Waals surface area contributed by atoms with Crippen molar-refractivity contribution in [1.82, 2.24) is 10.4 Å². The van der Waals surface area contributed by atoms with Crippen molar-refractivity contribution in [3.63, 3.8) is 0 Å². The number of nitrogens with zero attached hydrogens (tertiary/aromatic N) is 1. The van der Waals surface area contributed by atoms with Crippen LogP contribution >= 0.6 is 23.7 Å². The molecule has 23 heavy (non-hydrogen) atoms. The molecule has 0 spiro atoms. The van der Waals surface area contributed by atoms with Crippen molar-refractivity contribution < 1.29 is 0 Å². The topological polar surface area (TPSA) is 107 Å². The monoisotopic (exact) mass is 351 g/mol. The number of pyridine rings is 1. The van der Waals surface area contributed by atoms with Crippen molar-refractivity contribution in [3.8, 4) is 0 Å². The molecule has 2 heterocycles. The smallest absolute Gasteiger partial charge is 0.248 e. The molecule has 2 aromatic heterocycles. The van der Waals surface area contributed by atoms with E-state index >= 15 is 0 Å². The molecule has 1 aliphatic carbocycles. The van der Waals surface area contributed by atoms with Crippen molar-refractivity contribution in [3.05, 3.63) is 55.6 Å². The second-order valence-electron chi connectivity index (χ2n) is 5.42. The van der Waals surface area contributed by atoms with E-state index in [1.807, 2.05) is 6.92 Å². The van der Waals surface area contributed by atoms with E-state index in [1.54, 1.807) is 17.4 Å². The molecule has 0 fully saturated rings. The van der Waals surface area contributed by atoms with Crippen molar-refractivity contribution in [2.24, 2.45) is 10.8 Å². The van der Waals surface area contributed by atoms with Crippen LogP contribution in [0.5, 0.6) is 0 Å². The van der Waals surface area contributed by atoms with Crippen LogP contribution in [0, 0.1) is 12.3 Å². The predicted molar refractivity (Wildman–Crippen MR) is 96.0 cm³/mol. The number of rotatable bonds is 2. The normalized spacial score (nSPS) is 18.1. The molecule has 0 aliphatic heterocycles. The number of nitrogens with one attached hydrogen (secondary N) is 3. The first-order valence-electron chi connectivity index (χ1n) is 6.96. The molecule has 0 radical (unpaired) electrons. The fraction of sp³-hybridized carbons (Fsp3) is 0.267. The Labute approximate surface area is 143 Å². The summed E-state index contributed by atoms with van der Waals surface area (Å²) >= 11 is 1.66. The van der Waals surface area contributed by atoms with E-state index in [0.29, 0.717) is 0 Å². The van der Waals surface area contributed by atoms with Gasteiger partial charge in [-0.1, -0.05) is 0 Å². The van der Waals surface area contributed by atoms with E-state index in [2.05, 4.69) is 32.3 Å². The highest BCUT2D eigenvalue weighted by molar-refractivity contribution is 7.08. The maximum atomic E-state index is 11.8. The summed E-state index contributed by atoms with van der Waals surface area (Å²) in [5, 5.41) is 15.7. The molecule has 1 aliphatic rings. The minimum Gasteiger partial charge on any atom is -0.369 e. The lowest BCUT2D eigenvalue weighted by Crippen LogP contribution is -2.30. The minimum atomic E-state index is -0.200. The Morgan fingerprint density at radius 1 is 1.52 bits per heavy atom. The van der Waals surface area contributed by atoms with Crippen LogP contribution in [0.25, 0.3) is 0 Å². The van der Waals surface area contributed by atoms with Gasteiger partial charge in [-0.15, -0.1) is 12.4 Å². The SMILES string of the molecule is Cc1cc(=O)[nH]c2c1C(=NNC(=N)N)CC(c1ccsc1)C2.Cl. The molecule has 6 nitrogen and oxygen atoms in total. The van der Waals surface area contributed by atoms with Crippen LogP contribution < -0.4 is 16.7 Å². The molecule has 1 atom stereocenters. The fourth-order valence-corrected chi connectivity index (χ4v) is 3.68. The molecule has 1 unspecified atom stereocenters. The van der Waals surface area contributed by atoms with Crippen LogP contribution in [0.3, 0.4) is 0 Å². The Bertz CT molecular complexity index is 797. The number of thiophene rings is 1. The number of aromatic amines is 1. The van der Waals surface area contributed by atoms with Gasteiger partial charge in [-0.3, -0.25) is 10.2 Å². The molecule has 0 saturated heterocycles. The summed E-state index contributed by atoms with van der Waals surface area (Å²) in [5.74, 6) is 0.0671. The van der Waals surface area contributed by atoms with Gasteiger partial charge in [-0.2, -0.15) is 16.4 Å². The zero-order valence-electron chi connectivity index (χ0n) is 12.6. The average molecular weight is 352 g/mol. The Kier molecular flexibility index (Phi) is 5.23. The van der Waals surface area contributed by atoms with Gasteiger partial charge in [-0.05, 0) is 53.6 Å². The third-order valence-electron chi connectivity index (χ3n) is 3.82. The molecule has 8 heteroatoms. The Morgan fingerprint density at radius 2 is 2.30 bits per heavy atom. The first-order valence-corrected chi connectivity index (χ1v) is 7.90. The Morgan fingerprint density at radius 3 is 2.96 bits per heavy atom. The van der Waals surface area contributed by atoms with Gasteiger partial charge in [0.1, 0.15) is 0 Å². The summed E-state index contributed by atoms with van der Waals surface area (Å²) in [6.07, 6.45) is 1.53. The van der Waals surface area contributed by atoms with Crippen molar-refractivity contribution in [1.29, 1.82) is 5.41 Å². The summed E-state index contributed by atoms with van der Waals surface area (Å²) in [5.41, 5.74) is 12.6. The zero-order chi connectivity index (χ0) is 15.7. The molecule has 3 rings (SSSR count). The molecule has 0 saturated carbocycles. The van der Waals surface area contributed by atoms with Crippen molar-refractivity contribution >= 4 is 35.4 Å². The highest BCUT2D eigenvalue weighted by atomic mass is 35.5. The molecule has 0 bridgehead atoms. The highest BCUT2D eigenvalue weighted by Crippen LogP contribution is 2.33. The van der Waals surface area contributed by atoms with E-state index in [1.165, 1.54) is 5.56 Å². The molecule has 122 valence electrons. The second-order valence-corrected chi connectivity index (χ2v) is 6.20. The van der Waals surface area contributed by atoms with Crippen LogP contribution in [0.4, 0.5) is 0 Å². The molecule has 0 aromatic carbocycles. The van der Waals surface area contributed by atoms with Gasteiger partial charge in [0, 0.05) is 17.3 Å². The maximum Gasteiger partial charge on any atom is 0.248 e. The number of halogens is 1. The van der Waals surface area contributed by atoms with Gasteiger partial charge >= 0.3 is 0 Å². The molecule has 5 N–H and O–H groups in total. The lowest BCUT2D eigenvalue weighted by Gasteiger charge is -2.26. The van der Waals surface area contributed by atoms with E-state index in [0.717, 1.165) is 35.4 Å². The quantitative estimate of drug-likeness (QED) is 0.378. The van der Waals surface area contributed by atoms with Crippen LogP contribution in [-0.4, -0.2) is 16.7 Å². The number of hydrogen-bond acceptors (Lipinski definition) is 4. The Hall–Kier alpha value is -2.12. The number of hydrazone groups is 1. The summed E-state index contributed by atoms with van der Waals surface area (Å²) in [6.45, 7) is 1.91. The van der Waals surface area contributed by atoms with E-state index < -0.39 is 0 Å². The van der Waals surface area contributed by atoms with E-state index in [9.17, 15) is 4.79 Å². The molecular formula is C15H18ClN5OS. The molecular weight excluding hydrogens is 334 g/mol. The second kappa shape index (κ2) is 6.97. The third-order valence-corrected chi connectivity index (χ3v) is 4.52. The third kappa shape index (κ3) is 3.62. The van der Waals surface area contributed by atoms with E-state index in [4.69, 9.17) is 11.1 Å². The number of guanidine groups is 1. The first-order chi connectivity index (χ1) is 10.5. The van der Waals surface area contributed by atoms with Crippen molar-refractivity contribution in [2.45, 2.75) is 25.7 Å². The van der Waals surface area contributed by atoms with Crippen LogP contribution in [0.1, 0.15) is 34.7 Å². The van der Waals surface area contributed by atoms with Gasteiger partial charge in [0.15, 0.2) is 0 Å². The number of nitrogens with two attached hydrogens (primary N) is 1. The van der Waals surface area contributed by atoms with E-state index in [-0.39, 0.29) is 29.8 Å². The summed E-state index contributed by atoms with van der Waals surface area (Å²) in [4.78, 5) is 14.7. The maximum absolute atomic E-state index is 11.8. The summed E-state index contributed by atoms with van der Waals surface area (Å²) < 4.78 is 0. The average Bonchev–Trinajstić information content (AvgIpc) is 2.97. The first kappa shape index (κ1) is 17.2. The lowest BCUT2D eigenvalue weighted by atomic mass is 9.81. The minimum absolute atomic E-state index is 0. The van der Waals surface area contributed by atoms with Gasteiger partial charge in [0.05, 0.1) is 5.71 Å². The highest BCUT2D eigenvalue weighted by Gasteiger charge is 2.27. The zero-order valence-corrected chi connectivity index (χ0v) is 14.2. The predicted octanol–water partition coefficient (Wildman–Crippen LogP) is 2.08. The standard InChI is InChI=1S/C15H17N5OS.ClH/c1-8-4-13(21)18-11-5-10(9-2-3-22-7-9)6-12(14(8)11)19-20-15(16)17;/h2-4,7,10H,5-6H2,1H3,(H,18,21)(H4,16,17,20);1H. The van der Waals surface area contributed by atoms with Gasteiger partial charge in [0.25, 0.3) is 0 Å². The number of hydrogen-bond donors (Lipinski definition) is 4. The van der Waals surface area contributed by atoms with Crippen LogP contribution in [0.15, 0.2) is 32.8 Å². The fourth-order valence-electron chi connectivity index (χ4n) is 2.94.